The largest absolute Gasteiger partial charge is 0.493 e. The first-order valence-electron chi connectivity index (χ1n) is 11.7. The molecule has 0 amide bonds. The molecule has 0 spiro atoms. The van der Waals surface area contributed by atoms with Gasteiger partial charge in [0.1, 0.15) is 28.9 Å². The zero-order valence-electron chi connectivity index (χ0n) is 21.7. The van der Waals surface area contributed by atoms with Crippen molar-refractivity contribution in [3.63, 3.8) is 0 Å². The Morgan fingerprint density at radius 1 is 0.800 bits per heavy atom. The summed E-state index contributed by atoms with van der Waals surface area (Å²) >= 11 is 3.36. The summed E-state index contributed by atoms with van der Waals surface area (Å²) in [7, 11) is 4.31. The first-order chi connectivity index (χ1) is 19.2. The lowest BCUT2D eigenvalue weighted by molar-refractivity contribution is 0.0733. The van der Waals surface area contributed by atoms with Crippen LogP contribution in [0.2, 0.25) is 0 Å². The predicted molar refractivity (Wildman–Crippen MR) is 149 cm³/mol. The van der Waals surface area contributed by atoms with Crippen LogP contribution in [0.1, 0.15) is 15.9 Å². The molecule has 5 rings (SSSR count). The van der Waals surface area contributed by atoms with Gasteiger partial charge in [-0.05, 0) is 58.7 Å². The highest BCUT2D eigenvalue weighted by molar-refractivity contribution is 9.10. The van der Waals surface area contributed by atoms with Crippen molar-refractivity contribution in [2.45, 2.75) is 6.92 Å². The Morgan fingerprint density at radius 2 is 1.50 bits per heavy atom. The summed E-state index contributed by atoms with van der Waals surface area (Å²) in [6.07, 6.45) is 1.16. The molecule has 3 aromatic carbocycles. The Hall–Kier alpha value is -4.77. The topological polar surface area (TPSA) is 124 Å². The number of ether oxygens (including phenoxy) is 5. The fourth-order valence-corrected chi connectivity index (χ4v) is 4.77. The molecular weight excluding hydrogens is 588 g/mol. The van der Waals surface area contributed by atoms with Gasteiger partial charge < -0.3 is 32.5 Å². The first kappa shape index (κ1) is 26.8. The molecule has 0 aliphatic carbocycles. The summed E-state index contributed by atoms with van der Waals surface area (Å²) in [4.78, 5) is 37.8. The van der Waals surface area contributed by atoms with E-state index in [-0.39, 0.29) is 45.3 Å². The minimum Gasteiger partial charge on any atom is -0.493 e. The minimum absolute atomic E-state index is 0.0760. The molecule has 5 aromatic rings. The van der Waals surface area contributed by atoms with Gasteiger partial charge in [0.2, 0.25) is 16.9 Å². The number of esters is 1. The number of methoxy groups -OCH3 is 3. The van der Waals surface area contributed by atoms with Gasteiger partial charge in [0.25, 0.3) is 0 Å². The summed E-state index contributed by atoms with van der Waals surface area (Å²) in [6, 6.07) is 12.1. The molecule has 0 unspecified atom stereocenters. The lowest BCUT2D eigenvalue weighted by Gasteiger charge is -2.16. The molecule has 0 saturated carbocycles. The quantitative estimate of drug-likeness (QED) is 0.123. The summed E-state index contributed by atoms with van der Waals surface area (Å²) in [5.41, 5.74) is 0.460. The number of rotatable bonds is 7. The lowest BCUT2D eigenvalue weighted by atomic mass is 10.1. The molecule has 0 N–H and O–H groups in total. The van der Waals surface area contributed by atoms with E-state index in [1.165, 1.54) is 57.7 Å². The van der Waals surface area contributed by atoms with Crippen molar-refractivity contribution in [1.82, 2.24) is 0 Å². The van der Waals surface area contributed by atoms with Crippen LogP contribution in [0, 0.1) is 6.92 Å². The molecule has 40 heavy (non-hydrogen) atoms. The predicted octanol–water partition coefficient (Wildman–Crippen LogP) is 6.01. The fraction of sp³-hybridized carbons (Fsp3) is 0.138. The molecule has 0 aliphatic rings. The number of carbonyl (C=O) groups is 1. The van der Waals surface area contributed by atoms with Gasteiger partial charge in [0, 0.05) is 23.6 Å². The second kappa shape index (κ2) is 10.8. The average Bonchev–Trinajstić information content (AvgIpc) is 2.93. The molecule has 0 fully saturated rings. The minimum atomic E-state index is -0.717. The maximum Gasteiger partial charge on any atom is 0.344 e. The monoisotopic (exact) mass is 608 g/mol. The van der Waals surface area contributed by atoms with E-state index in [0.717, 1.165) is 17.2 Å². The van der Waals surface area contributed by atoms with Gasteiger partial charge in [-0.15, -0.1) is 0 Å². The molecule has 2 heterocycles. The van der Waals surface area contributed by atoms with E-state index in [0.29, 0.717) is 15.8 Å². The Bertz CT molecular complexity index is 1900. The van der Waals surface area contributed by atoms with E-state index >= 15 is 0 Å². The van der Waals surface area contributed by atoms with Gasteiger partial charge in [-0.25, -0.2) is 9.59 Å². The Morgan fingerprint density at radius 3 is 2.23 bits per heavy atom. The Labute approximate surface area is 234 Å². The van der Waals surface area contributed by atoms with Crippen LogP contribution in [-0.2, 0) is 0 Å². The van der Waals surface area contributed by atoms with Crippen molar-refractivity contribution in [2.24, 2.45) is 0 Å². The maximum absolute atomic E-state index is 13.1. The van der Waals surface area contributed by atoms with Crippen LogP contribution < -0.4 is 34.7 Å². The summed E-state index contributed by atoms with van der Waals surface area (Å²) in [6.45, 7) is 1.80. The molecule has 0 aliphatic heterocycles. The number of halogens is 1. The van der Waals surface area contributed by atoms with E-state index in [4.69, 9.17) is 32.5 Å². The van der Waals surface area contributed by atoms with E-state index in [2.05, 4.69) is 15.9 Å². The third-order valence-corrected chi connectivity index (χ3v) is 6.85. The number of aryl methyl sites for hydroxylation is 1. The zero-order valence-corrected chi connectivity index (χ0v) is 23.2. The van der Waals surface area contributed by atoms with Gasteiger partial charge in [0.05, 0.1) is 36.8 Å². The molecule has 0 radical (unpaired) electrons. The van der Waals surface area contributed by atoms with Crippen molar-refractivity contribution in [3.05, 3.63) is 91.0 Å². The van der Waals surface area contributed by atoms with Crippen molar-refractivity contribution < 1.29 is 37.3 Å². The van der Waals surface area contributed by atoms with Crippen LogP contribution >= 0.6 is 15.9 Å². The van der Waals surface area contributed by atoms with Crippen LogP contribution in [0.25, 0.3) is 21.9 Å². The molecule has 0 bridgehead atoms. The number of benzene rings is 3. The molecule has 10 nitrogen and oxygen atoms in total. The van der Waals surface area contributed by atoms with Crippen molar-refractivity contribution in [1.29, 1.82) is 0 Å². The molecule has 11 heteroatoms. The van der Waals surface area contributed by atoms with E-state index in [1.54, 1.807) is 19.1 Å². The van der Waals surface area contributed by atoms with Crippen molar-refractivity contribution >= 4 is 43.8 Å². The first-order valence-corrected chi connectivity index (χ1v) is 12.5. The third-order valence-electron chi connectivity index (χ3n) is 6.06. The van der Waals surface area contributed by atoms with Crippen LogP contribution in [0.15, 0.2) is 77.7 Å². The standard InChI is InChI=1S/C29H21BrO10/c1-14-9-24(31)40-21-11-15(5-7-17(14)21)38-23-13-37-20-10-16(6-8-18(20)26(23)32)39-29(33)19-12-22(34-2)27(35-3)28(36-4)25(19)30/h5-13H,1-4H3. The highest BCUT2D eigenvalue weighted by Gasteiger charge is 2.24. The Balaban J connectivity index is 1.42. The van der Waals surface area contributed by atoms with Crippen LogP contribution in [0.3, 0.4) is 0 Å². The number of hydrogen-bond donors (Lipinski definition) is 0. The second-order valence-corrected chi connectivity index (χ2v) is 9.28. The average molecular weight is 609 g/mol. The van der Waals surface area contributed by atoms with Crippen LogP contribution in [0.4, 0.5) is 0 Å². The molecule has 0 atom stereocenters. The highest BCUT2D eigenvalue weighted by atomic mass is 79.9. The SMILES string of the molecule is COc1cc(C(=O)Oc2ccc3c(=O)c(Oc4ccc5c(C)cc(=O)oc5c4)coc3c2)c(Br)c(OC)c1OC. The lowest BCUT2D eigenvalue weighted by Crippen LogP contribution is -2.11. The van der Waals surface area contributed by atoms with Gasteiger partial charge in [-0.1, -0.05) is 0 Å². The molecule has 2 aromatic heterocycles. The van der Waals surface area contributed by atoms with Gasteiger partial charge in [-0.2, -0.15) is 0 Å². The highest BCUT2D eigenvalue weighted by Crippen LogP contribution is 2.45. The number of carbonyl (C=O) groups excluding carboxylic acids is 1. The van der Waals surface area contributed by atoms with Crippen molar-refractivity contribution in [2.75, 3.05) is 21.3 Å². The smallest absolute Gasteiger partial charge is 0.344 e. The van der Waals surface area contributed by atoms with Crippen LogP contribution in [0.5, 0.6) is 34.5 Å². The summed E-state index contributed by atoms with van der Waals surface area (Å²) in [5.74, 6) is 0.468. The molecular formula is C29H21BrO10. The molecule has 0 saturated heterocycles. The third kappa shape index (κ3) is 4.87. The Kier molecular flexibility index (Phi) is 7.22. The second-order valence-electron chi connectivity index (χ2n) is 8.49. The normalized spacial score (nSPS) is 10.9. The zero-order chi connectivity index (χ0) is 28.6. The van der Waals surface area contributed by atoms with E-state index in [9.17, 15) is 14.4 Å². The summed E-state index contributed by atoms with van der Waals surface area (Å²) in [5, 5.41) is 0.951. The van der Waals surface area contributed by atoms with E-state index < -0.39 is 17.0 Å². The van der Waals surface area contributed by atoms with Gasteiger partial charge >= 0.3 is 11.6 Å². The fourth-order valence-electron chi connectivity index (χ4n) is 4.15. The van der Waals surface area contributed by atoms with Gasteiger partial charge in [0.15, 0.2) is 11.5 Å². The van der Waals surface area contributed by atoms with E-state index in [1.807, 2.05) is 0 Å². The van der Waals surface area contributed by atoms with Crippen molar-refractivity contribution in [3.8, 4) is 34.5 Å². The number of hydrogen-bond acceptors (Lipinski definition) is 10. The van der Waals surface area contributed by atoms with Gasteiger partial charge in [-0.3, -0.25) is 4.79 Å². The summed E-state index contributed by atoms with van der Waals surface area (Å²) < 4.78 is 38.5. The molecule has 204 valence electrons. The number of fused-ring (bicyclic) bond motifs is 2. The van der Waals surface area contributed by atoms with Crippen LogP contribution in [-0.4, -0.2) is 27.3 Å². The maximum atomic E-state index is 13.1.